The molecule has 1 unspecified atom stereocenters. The minimum Gasteiger partial charge on any atom is -0.480 e. The molecule has 2 rings (SSSR count). The van der Waals surface area contributed by atoms with Crippen LogP contribution in [0.1, 0.15) is 30.8 Å². The van der Waals surface area contributed by atoms with Gasteiger partial charge in [0.25, 0.3) is 5.91 Å². The van der Waals surface area contributed by atoms with Gasteiger partial charge < -0.3 is 14.8 Å². The molecule has 0 saturated carbocycles. The summed E-state index contributed by atoms with van der Waals surface area (Å²) in [5.41, 5.74) is 0.812. The van der Waals surface area contributed by atoms with Gasteiger partial charge in [0.1, 0.15) is 12.3 Å². The quantitative estimate of drug-likeness (QED) is 0.855. The number of nitrogens with zero attached hydrogens (tertiary/aromatic N) is 1. The number of nitrogens with one attached hydrogen (secondary N) is 1. The number of amides is 1. The highest BCUT2D eigenvalue weighted by Crippen LogP contribution is 2.18. The van der Waals surface area contributed by atoms with E-state index in [0.717, 1.165) is 5.56 Å². The third-order valence-electron chi connectivity index (χ3n) is 3.07. The SMILES string of the molecule is CC(C)CC(NC(=O)c1coc(-c2ccccc2)n1)C(=O)O. The predicted molar refractivity (Wildman–Crippen MR) is 80.3 cm³/mol. The van der Waals surface area contributed by atoms with Gasteiger partial charge in [0.15, 0.2) is 5.69 Å². The highest BCUT2D eigenvalue weighted by atomic mass is 16.4. The highest BCUT2D eigenvalue weighted by molar-refractivity contribution is 5.95. The Kier molecular flexibility index (Phi) is 4.93. The van der Waals surface area contributed by atoms with Crippen LogP contribution in [-0.2, 0) is 4.79 Å². The van der Waals surface area contributed by atoms with Crippen molar-refractivity contribution in [3.8, 4) is 11.5 Å². The Morgan fingerprint density at radius 3 is 2.55 bits per heavy atom. The largest absolute Gasteiger partial charge is 0.480 e. The number of carboxylic acid groups (broad SMARTS) is 1. The van der Waals surface area contributed by atoms with Crippen LogP contribution in [0.5, 0.6) is 0 Å². The number of rotatable bonds is 6. The summed E-state index contributed by atoms with van der Waals surface area (Å²) in [5, 5.41) is 11.6. The smallest absolute Gasteiger partial charge is 0.326 e. The fourth-order valence-electron chi connectivity index (χ4n) is 2.02. The fourth-order valence-corrected chi connectivity index (χ4v) is 2.02. The molecule has 1 aromatic heterocycles. The van der Waals surface area contributed by atoms with Crippen molar-refractivity contribution in [3.05, 3.63) is 42.3 Å². The molecule has 1 atom stereocenters. The molecule has 0 radical (unpaired) electrons. The Bertz CT molecular complexity index is 649. The van der Waals surface area contributed by atoms with Crippen LogP contribution >= 0.6 is 0 Å². The van der Waals surface area contributed by atoms with Crippen LogP contribution in [0.3, 0.4) is 0 Å². The lowest BCUT2D eigenvalue weighted by atomic mass is 10.0. The lowest BCUT2D eigenvalue weighted by molar-refractivity contribution is -0.139. The summed E-state index contributed by atoms with van der Waals surface area (Å²) < 4.78 is 5.28. The molecule has 0 aliphatic heterocycles. The zero-order valence-electron chi connectivity index (χ0n) is 12.4. The summed E-state index contributed by atoms with van der Waals surface area (Å²) in [4.78, 5) is 27.4. The van der Waals surface area contributed by atoms with Gasteiger partial charge in [0.2, 0.25) is 5.89 Å². The maximum absolute atomic E-state index is 12.1. The number of carbonyl (C=O) groups is 2. The van der Waals surface area contributed by atoms with Gasteiger partial charge in [0.05, 0.1) is 0 Å². The molecule has 2 N–H and O–H groups in total. The summed E-state index contributed by atoms with van der Waals surface area (Å²) in [7, 11) is 0. The third kappa shape index (κ3) is 3.94. The first-order chi connectivity index (χ1) is 10.5. The number of hydrogen-bond donors (Lipinski definition) is 2. The number of oxazole rings is 1. The minimum atomic E-state index is -1.06. The van der Waals surface area contributed by atoms with Crippen LogP contribution in [0.2, 0.25) is 0 Å². The van der Waals surface area contributed by atoms with Gasteiger partial charge in [-0.3, -0.25) is 4.79 Å². The van der Waals surface area contributed by atoms with Crippen molar-refractivity contribution in [3.63, 3.8) is 0 Å². The lowest BCUT2D eigenvalue weighted by Gasteiger charge is -2.15. The molecule has 0 saturated heterocycles. The Morgan fingerprint density at radius 2 is 1.95 bits per heavy atom. The van der Waals surface area contributed by atoms with Crippen LogP contribution in [0.4, 0.5) is 0 Å². The second kappa shape index (κ2) is 6.89. The molecule has 0 aliphatic rings. The van der Waals surface area contributed by atoms with Crippen LogP contribution in [0.15, 0.2) is 41.0 Å². The second-order valence-electron chi connectivity index (χ2n) is 5.40. The van der Waals surface area contributed by atoms with Crippen molar-refractivity contribution >= 4 is 11.9 Å². The van der Waals surface area contributed by atoms with Crippen molar-refractivity contribution in [1.82, 2.24) is 10.3 Å². The number of aliphatic carboxylic acids is 1. The van der Waals surface area contributed by atoms with Gasteiger partial charge in [-0.25, -0.2) is 9.78 Å². The molecule has 116 valence electrons. The predicted octanol–water partition coefficient (Wildman–Crippen LogP) is 2.57. The van der Waals surface area contributed by atoms with Crippen LogP contribution in [0.25, 0.3) is 11.5 Å². The number of benzene rings is 1. The van der Waals surface area contributed by atoms with Crippen LogP contribution in [-0.4, -0.2) is 28.0 Å². The summed E-state index contributed by atoms with van der Waals surface area (Å²) in [6.07, 6.45) is 1.58. The monoisotopic (exact) mass is 302 g/mol. The minimum absolute atomic E-state index is 0.0638. The summed E-state index contributed by atoms with van der Waals surface area (Å²) >= 11 is 0. The molecule has 22 heavy (non-hydrogen) atoms. The molecule has 0 bridgehead atoms. The third-order valence-corrected chi connectivity index (χ3v) is 3.07. The van der Waals surface area contributed by atoms with Crippen LogP contribution < -0.4 is 5.32 Å². The van der Waals surface area contributed by atoms with Gasteiger partial charge in [-0.2, -0.15) is 0 Å². The average Bonchev–Trinajstić information content (AvgIpc) is 2.96. The van der Waals surface area contributed by atoms with E-state index in [1.165, 1.54) is 6.26 Å². The zero-order chi connectivity index (χ0) is 16.1. The van der Waals surface area contributed by atoms with E-state index in [1.54, 1.807) is 0 Å². The Hall–Kier alpha value is -2.63. The first-order valence-electron chi connectivity index (χ1n) is 7.02. The van der Waals surface area contributed by atoms with Crippen molar-refractivity contribution in [1.29, 1.82) is 0 Å². The van der Waals surface area contributed by atoms with E-state index in [-0.39, 0.29) is 11.6 Å². The molecule has 0 fully saturated rings. The number of carboxylic acids is 1. The van der Waals surface area contributed by atoms with Crippen molar-refractivity contribution in [2.75, 3.05) is 0 Å². The van der Waals surface area contributed by atoms with Gasteiger partial charge >= 0.3 is 5.97 Å². The van der Waals surface area contributed by atoms with Crippen LogP contribution in [0, 0.1) is 5.92 Å². The van der Waals surface area contributed by atoms with Gasteiger partial charge in [-0.05, 0) is 24.5 Å². The first-order valence-corrected chi connectivity index (χ1v) is 7.02. The van der Waals surface area contributed by atoms with Gasteiger partial charge in [-0.15, -0.1) is 0 Å². The summed E-state index contributed by atoms with van der Waals surface area (Å²) in [5.74, 6) is -1.15. The molecule has 0 aliphatic carbocycles. The molecule has 1 heterocycles. The fraction of sp³-hybridized carbons (Fsp3) is 0.312. The van der Waals surface area contributed by atoms with E-state index >= 15 is 0 Å². The molecule has 6 nitrogen and oxygen atoms in total. The number of carbonyl (C=O) groups excluding carboxylic acids is 1. The van der Waals surface area contributed by atoms with E-state index in [1.807, 2.05) is 44.2 Å². The Labute approximate surface area is 128 Å². The molecule has 1 amide bonds. The molecule has 2 aromatic rings. The second-order valence-corrected chi connectivity index (χ2v) is 5.40. The zero-order valence-corrected chi connectivity index (χ0v) is 12.4. The maximum Gasteiger partial charge on any atom is 0.326 e. The van der Waals surface area contributed by atoms with Gasteiger partial charge in [0, 0.05) is 5.56 Å². The summed E-state index contributed by atoms with van der Waals surface area (Å²) in [6.45, 7) is 3.79. The summed E-state index contributed by atoms with van der Waals surface area (Å²) in [6, 6.07) is 8.22. The van der Waals surface area contributed by atoms with E-state index in [4.69, 9.17) is 9.52 Å². The molecule has 0 spiro atoms. The molecule has 1 aromatic carbocycles. The molecule has 6 heteroatoms. The lowest BCUT2D eigenvalue weighted by Crippen LogP contribution is -2.41. The standard InChI is InChI=1S/C16H18N2O4/c1-10(2)8-12(16(20)21)17-14(19)13-9-22-15(18-13)11-6-4-3-5-7-11/h3-7,9-10,12H,8H2,1-2H3,(H,17,19)(H,20,21). The van der Waals surface area contributed by atoms with Crippen molar-refractivity contribution < 1.29 is 19.1 Å². The Morgan fingerprint density at radius 1 is 1.27 bits per heavy atom. The van der Waals surface area contributed by atoms with Crippen molar-refractivity contribution in [2.24, 2.45) is 5.92 Å². The maximum atomic E-state index is 12.1. The van der Waals surface area contributed by atoms with E-state index < -0.39 is 17.9 Å². The molecular formula is C16H18N2O4. The van der Waals surface area contributed by atoms with E-state index in [0.29, 0.717) is 12.3 Å². The molecular weight excluding hydrogens is 284 g/mol. The Balaban J connectivity index is 2.10. The highest BCUT2D eigenvalue weighted by Gasteiger charge is 2.23. The topological polar surface area (TPSA) is 92.4 Å². The van der Waals surface area contributed by atoms with E-state index in [2.05, 4.69) is 10.3 Å². The normalized spacial score (nSPS) is 12.1. The van der Waals surface area contributed by atoms with Gasteiger partial charge in [-0.1, -0.05) is 32.0 Å². The number of aromatic nitrogens is 1. The van der Waals surface area contributed by atoms with E-state index in [9.17, 15) is 9.59 Å². The first kappa shape index (κ1) is 15.8. The number of hydrogen-bond acceptors (Lipinski definition) is 4. The average molecular weight is 302 g/mol. The van der Waals surface area contributed by atoms with Crippen molar-refractivity contribution in [2.45, 2.75) is 26.3 Å².